The van der Waals surface area contributed by atoms with Gasteiger partial charge in [-0.15, -0.1) is 0 Å². The molecule has 1 aromatic heterocycles. The predicted molar refractivity (Wildman–Crippen MR) is 92.6 cm³/mol. The number of carboxylic acid groups (broad SMARTS) is 1. The van der Waals surface area contributed by atoms with Crippen LogP contribution in [0.5, 0.6) is 5.88 Å². The summed E-state index contributed by atoms with van der Waals surface area (Å²) in [6, 6.07) is 3.13. The van der Waals surface area contributed by atoms with Gasteiger partial charge in [0.05, 0.1) is 44.3 Å². The number of carboxylic acids is 1. The molecule has 0 aliphatic rings. The van der Waals surface area contributed by atoms with Gasteiger partial charge in [-0.25, -0.2) is 4.98 Å². The van der Waals surface area contributed by atoms with Crippen LogP contribution in [-0.2, 0) is 11.2 Å². The molecule has 23 heavy (non-hydrogen) atoms. The van der Waals surface area contributed by atoms with Gasteiger partial charge in [0.15, 0.2) is 0 Å². The molecule has 2 rings (SSSR count). The van der Waals surface area contributed by atoms with Gasteiger partial charge in [-0.05, 0) is 6.07 Å². The number of hydrogen-bond donors (Lipinski definition) is 1. The fourth-order valence-electron chi connectivity index (χ4n) is 1.94. The molecule has 9 heteroatoms. The van der Waals surface area contributed by atoms with E-state index >= 15 is 0 Å². The second kappa shape index (κ2) is 7.32. The Kier molecular flexibility index (Phi) is 5.87. The van der Waals surface area contributed by atoms with Crippen LogP contribution in [0.25, 0.3) is 11.1 Å². The molecule has 0 aliphatic heterocycles. The zero-order valence-corrected chi connectivity index (χ0v) is 15.2. The Bertz CT molecular complexity index is 765. The van der Waals surface area contributed by atoms with Gasteiger partial charge in [-0.1, -0.05) is 58.0 Å². The number of rotatable bonds is 4. The van der Waals surface area contributed by atoms with Gasteiger partial charge in [0.2, 0.25) is 5.88 Å². The summed E-state index contributed by atoms with van der Waals surface area (Å²) in [5.74, 6) is -0.825. The van der Waals surface area contributed by atoms with Gasteiger partial charge in [-0.3, -0.25) is 4.79 Å². The monoisotopic (exact) mass is 413 g/mol. The van der Waals surface area contributed by atoms with E-state index in [1.54, 1.807) is 12.1 Å². The lowest BCUT2D eigenvalue weighted by atomic mass is 10.0. The molecule has 0 unspecified atom stereocenters. The van der Waals surface area contributed by atoms with E-state index in [4.69, 9.17) is 67.8 Å². The minimum absolute atomic E-state index is 0.0216. The van der Waals surface area contributed by atoms with E-state index < -0.39 is 5.97 Å². The van der Waals surface area contributed by atoms with Crippen molar-refractivity contribution in [2.24, 2.45) is 0 Å². The minimum Gasteiger partial charge on any atom is -0.481 e. The van der Waals surface area contributed by atoms with Crippen molar-refractivity contribution in [1.29, 1.82) is 0 Å². The highest BCUT2D eigenvalue weighted by Crippen LogP contribution is 2.48. The Hall–Kier alpha value is -0.910. The quantitative estimate of drug-likeness (QED) is 0.518. The molecule has 0 radical (unpaired) electrons. The van der Waals surface area contributed by atoms with Crippen LogP contribution in [-0.4, -0.2) is 23.2 Å². The first-order valence-corrected chi connectivity index (χ1v) is 7.94. The van der Waals surface area contributed by atoms with Crippen molar-refractivity contribution in [1.82, 2.24) is 4.98 Å². The molecule has 122 valence electrons. The molecule has 1 N–H and O–H groups in total. The molecule has 0 aliphatic carbocycles. The lowest BCUT2D eigenvalue weighted by Crippen LogP contribution is -2.06. The molecule has 0 saturated heterocycles. The largest absolute Gasteiger partial charge is 0.481 e. The van der Waals surface area contributed by atoms with Crippen LogP contribution in [0.1, 0.15) is 5.69 Å². The van der Waals surface area contributed by atoms with E-state index in [1.165, 1.54) is 7.11 Å². The lowest BCUT2D eigenvalue weighted by Gasteiger charge is -2.15. The fourth-order valence-corrected chi connectivity index (χ4v) is 3.28. The molecule has 1 aromatic carbocycles. The van der Waals surface area contributed by atoms with Crippen molar-refractivity contribution in [3.8, 4) is 17.0 Å². The Labute approximate surface area is 156 Å². The molecule has 1 heterocycles. The number of hydrogen-bond acceptors (Lipinski definition) is 3. The Balaban J connectivity index is 2.79. The standard InChI is InChI=1S/C14H8Cl5NO3/c1-23-7-3-2-5(6(20-7)4-8(21)22)9-10(15)12(17)14(19)13(18)11(9)16/h2-3H,4H2,1H3,(H,21,22). The zero-order chi connectivity index (χ0) is 17.3. The normalized spacial score (nSPS) is 10.7. The summed E-state index contributed by atoms with van der Waals surface area (Å²) in [5.41, 5.74) is 0.845. The first-order chi connectivity index (χ1) is 10.8. The fraction of sp³-hybridized carbons (Fsp3) is 0.143. The summed E-state index contributed by atoms with van der Waals surface area (Å²) in [4.78, 5) is 15.2. The van der Waals surface area contributed by atoms with Crippen LogP contribution in [0.3, 0.4) is 0 Å². The summed E-state index contributed by atoms with van der Waals surface area (Å²) < 4.78 is 5.01. The maximum atomic E-state index is 11.1. The lowest BCUT2D eigenvalue weighted by molar-refractivity contribution is -0.136. The number of aromatic nitrogens is 1. The summed E-state index contributed by atoms with van der Waals surface area (Å²) in [6.45, 7) is 0. The molecule has 0 saturated carbocycles. The van der Waals surface area contributed by atoms with E-state index in [2.05, 4.69) is 4.98 Å². The molecule has 0 spiro atoms. The third-order valence-electron chi connectivity index (χ3n) is 2.96. The third kappa shape index (κ3) is 3.62. The number of carbonyl (C=O) groups is 1. The Morgan fingerprint density at radius 1 is 1.04 bits per heavy atom. The Morgan fingerprint density at radius 2 is 1.57 bits per heavy atom. The smallest absolute Gasteiger partial charge is 0.309 e. The van der Waals surface area contributed by atoms with E-state index in [0.717, 1.165) is 0 Å². The molecular formula is C14H8Cl5NO3. The predicted octanol–water partition coefficient (Wildman–Crippen LogP) is 5.65. The van der Waals surface area contributed by atoms with Gasteiger partial charge < -0.3 is 9.84 Å². The number of benzene rings is 1. The second-order valence-corrected chi connectivity index (χ2v) is 6.25. The summed E-state index contributed by atoms with van der Waals surface area (Å²) in [6.07, 6.45) is -0.364. The van der Waals surface area contributed by atoms with Crippen LogP contribution in [0, 0.1) is 0 Å². The number of halogens is 5. The van der Waals surface area contributed by atoms with Crippen LogP contribution in [0.4, 0.5) is 0 Å². The van der Waals surface area contributed by atoms with Gasteiger partial charge in [-0.2, -0.15) is 0 Å². The van der Waals surface area contributed by atoms with Crippen molar-refractivity contribution in [2.45, 2.75) is 6.42 Å². The van der Waals surface area contributed by atoms with Crippen LogP contribution in [0.2, 0.25) is 25.1 Å². The molecular weight excluding hydrogens is 407 g/mol. The summed E-state index contributed by atoms with van der Waals surface area (Å²) >= 11 is 30.5. The van der Waals surface area contributed by atoms with Crippen molar-refractivity contribution in [3.05, 3.63) is 42.9 Å². The first-order valence-electron chi connectivity index (χ1n) is 6.05. The van der Waals surface area contributed by atoms with E-state index in [0.29, 0.717) is 5.56 Å². The third-order valence-corrected chi connectivity index (χ3v) is 5.23. The van der Waals surface area contributed by atoms with Crippen LogP contribution >= 0.6 is 58.0 Å². The number of nitrogens with zero attached hydrogens (tertiary/aromatic N) is 1. The van der Waals surface area contributed by atoms with Crippen LogP contribution < -0.4 is 4.74 Å². The highest BCUT2D eigenvalue weighted by atomic mass is 35.5. The zero-order valence-electron chi connectivity index (χ0n) is 11.5. The van der Waals surface area contributed by atoms with E-state index in [9.17, 15) is 4.79 Å². The van der Waals surface area contributed by atoms with Crippen molar-refractivity contribution >= 4 is 64.0 Å². The molecule has 2 aromatic rings. The van der Waals surface area contributed by atoms with E-state index in [-0.39, 0.29) is 48.7 Å². The average molecular weight is 415 g/mol. The maximum absolute atomic E-state index is 11.1. The van der Waals surface area contributed by atoms with Gasteiger partial charge in [0, 0.05) is 17.2 Å². The molecule has 0 atom stereocenters. The van der Waals surface area contributed by atoms with Gasteiger partial charge in [0.25, 0.3) is 0 Å². The number of methoxy groups -OCH3 is 1. The van der Waals surface area contributed by atoms with Crippen molar-refractivity contribution < 1.29 is 14.6 Å². The van der Waals surface area contributed by atoms with Gasteiger partial charge in [0.1, 0.15) is 0 Å². The SMILES string of the molecule is COc1ccc(-c2c(Cl)c(Cl)c(Cl)c(Cl)c2Cl)c(CC(=O)O)n1. The Morgan fingerprint density at radius 3 is 2.04 bits per heavy atom. The molecule has 0 amide bonds. The highest BCUT2D eigenvalue weighted by Gasteiger charge is 2.23. The van der Waals surface area contributed by atoms with Gasteiger partial charge >= 0.3 is 5.97 Å². The number of aliphatic carboxylic acids is 1. The molecule has 0 bridgehead atoms. The number of pyridine rings is 1. The first kappa shape index (κ1) is 18.4. The second-order valence-electron chi connectivity index (χ2n) is 4.36. The van der Waals surface area contributed by atoms with Crippen LogP contribution in [0.15, 0.2) is 12.1 Å². The van der Waals surface area contributed by atoms with Crippen molar-refractivity contribution in [2.75, 3.05) is 7.11 Å². The topological polar surface area (TPSA) is 59.4 Å². The average Bonchev–Trinajstić information content (AvgIpc) is 2.52. The summed E-state index contributed by atoms with van der Waals surface area (Å²) in [7, 11) is 1.42. The molecule has 0 fully saturated rings. The molecule has 4 nitrogen and oxygen atoms in total. The number of ether oxygens (including phenoxy) is 1. The van der Waals surface area contributed by atoms with Crippen molar-refractivity contribution in [3.63, 3.8) is 0 Å². The minimum atomic E-state index is -1.08. The van der Waals surface area contributed by atoms with E-state index in [1.807, 2.05) is 0 Å². The maximum Gasteiger partial charge on any atom is 0.309 e. The highest BCUT2D eigenvalue weighted by molar-refractivity contribution is 6.56. The summed E-state index contributed by atoms with van der Waals surface area (Å²) in [5, 5.41) is 9.26.